The molecule has 2 aromatic carbocycles. The summed E-state index contributed by atoms with van der Waals surface area (Å²) in [6.07, 6.45) is -2.26. The number of nitrogens with two attached hydrogens (primary N) is 1. The lowest BCUT2D eigenvalue weighted by Gasteiger charge is -2.16. The monoisotopic (exact) mass is 435 g/mol. The Morgan fingerprint density at radius 3 is 2.38 bits per heavy atom. The van der Waals surface area contributed by atoms with Gasteiger partial charge in [-0.15, -0.1) is 0 Å². The highest BCUT2D eigenvalue weighted by Crippen LogP contribution is 2.30. The van der Waals surface area contributed by atoms with Crippen LogP contribution in [0.4, 0.5) is 10.1 Å². The maximum Gasteiger partial charge on any atom is 0.193 e. The molecule has 0 amide bonds. The van der Waals surface area contributed by atoms with Crippen LogP contribution in [0.2, 0.25) is 0 Å². The van der Waals surface area contributed by atoms with Crippen molar-refractivity contribution in [2.75, 3.05) is 18.9 Å². The number of aromatic amines is 1. The van der Waals surface area contributed by atoms with Crippen LogP contribution in [0.15, 0.2) is 60.7 Å². The Bertz CT molecular complexity index is 1240. The van der Waals surface area contributed by atoms with Crippen molar-refractivity contribution in [1.82, 2.24) is 9.97 Å². The molecule has 0 aliphatic carbocycles. The third-order valence-electron chi connectivity index (χ3n) is 5.63. The highest BCUT2D eigenvalue weighted by Gasteiger charge is 2.37. The van der Waals surface area contributed by atoms with Gasteiger partial charge in [-0.05, 0) is 23.3 Å². The van der Waals surface area contributed by atoms with Crippen LogP contribution >= 0.6 is 0 Å². The number of aliphatic hydroxyl groups is 2. The van der Waals surface area contributed by atoms with Crippen molar-refractivity contribution < 1.29 is 24.1 Å². The Hall–Kier alpha value is -3.46. The highest BCUT2D eigenvalue weighted by atomic mass is 19.1. The summed E-state index contributed by atoms with van der Waals surface area (Å²) in [5.74, 6) is -0.121. The summed E-state index contributed by atoms with van der Waals surface area (Å²) >= 11 is 0. The quantitative estimate of drug-likeness (QED) is 0.358. The Morgan fingerprint density at radius 1 is 1.06 bits per heavy atom. The molecule has 8 heteroatoms. The molecule has 2 unspecified atom stereocenters. The van der Waals surface area contributed by atoms with E-state index in [1.165, 1.54) is 6.07 Å². The van der Waals surface area contributed by atoms with Gasteiger partial charge in [0, 0.05) is 23.4 Å². The second kappa shape index (κ2) is 8.23. The number of aromatic nitrogens is 2. The summed E-state index contributed by atoms with van der Waals surface area (Å²) in [7, 11) is 0. The van der Waals surface area contributed by atoms with E-state index in [0.717, 1.165) is 11.1 Å². The van der Waals surface area contributed by atoms with Crippen molar-refractivity contribution in [3.05, 3.63) is 66.5 Å². The highest BCUT2D eigenvalue weighted by molar-refractivity contribution is 5.81. The van der Waals surface area contributed by atoms with E-state index in [4.69, 9.17) is 15.2 Å². The van der Waals surface area contributed by atoms with Crippen molar-refractivity contribution in [2.45, 2.75) is 18.3 Å². The third-order valence-corrected chi connectivity index (χ3v) is 5.63. The molecular weight excluding hydrogens is 413 g/mol. The zero-order valence-electron chi connectivity index (χ0n) is 17.0. The van der Waals surface area contributed by atoms with Crippen LogP contribution in [0, 0.1) is 5.82 Å². The SMILES string of the molecule is Nc1ccc(-c2ccc(-c3nc4cc(O[C@@H]5COC(CO)C5O)[nH]c4cc3F)cc2)cc1. The summed E-state index contributed by atoms with van der Waals surface area (Å²) in [6, 6.07) is 18.1. The molecule has 0 radical (unpaired) electrons. The molecule has 0 bridgehead atoms. The van der Waals surface area contributed by atoms with Gasteiger partial charge in [-0.1, -0.05) is 36.4 Å². The standard InChI is InChI=1S/C24H22FN3O4/c25-17-9-18-19(10-22(27-18)32-21-12-31-20(11-29)24(21)30)28-23(17)15-3-1-13(2-4-15)14-5-7-16(26)8-6-14/h1-10,20-21,24,27,29-30H,11-12,26H2/t20?,21-,24?/m1/s1. The predicted octanol–water partition coefficient (Wildman–Crippen LogP) is 3.12. The van der Waals surface area contributed by atoms with Gasteiger partial charge in [-0.2, -0.15) is 0 Å². The van der Waals surface area contributed by atoms with Crippen molar-refractivity contribution in [1.29, 1.82) is 0 Å². The summed E-state index contributed by atoms with van der Waals surface area (Å²) in [4.78, 5) is 7.43. The molecular formula is C24H22FN3O4. The number of hydrogen-bond donors (Lipinski definition) is 4. The maximum atomic E-state index is 14.8. The minimum absolute atomic E-state index is 0.148. The maximum absolute atomic E-state index is 14.8. The van der Waals surface area contributed by atoms with E-state index in [0.29, 0.717) is 28.2 Å². The van der Waals surface area contributed by atoms with E-state index in [-0.39, 0.29) is 18.9 Å². The molecule has 1 aliphatic rings. The van der Waals surface area contributed by atoms with Crippen molar-refractivity contribution in [3.63, 3.8) is 0 Å². The fourth-order valence-corrected chi connectivity index (χ4v) is 3.85. The number of fused-ring (bicyclic) bond motifs is 1. The second-order valence-corrected chi connectivity index (χ2v) is 7.79. The normalized spacial score (nSPS) is 20.7. The molecule has 2 aromatic heterocycles. The van der Waals surface area contributed by atoms with Crippen molar-refractivity contribution in [3.8, 4) is 28.3 Å². The molecule has 0 spiro atoms. The molecule has 5 rings (SSSR count). The molecule has 0 saturated carbocycles. The fraction of sp³-hybridized carbons (Fsp3) is 0.208. The largest absolute Gasteiger partial charge is 0.470 e. The molecule has 32 heavy (non-hydrogen) atoms. The lowest BCUT2D eigenvalue weighted by Crippen LogP contribution is -2.35. The smallest absolute Gasteiger partial charge is 0.193 e. The molecule has 4 aromatic rings. The molecule has 1 fully saturated rings. The summed E-state index contributed by atoms with van der Waals surface area (Å²) in [5, 5.41) is 19.3. The fourth-order valence-electron chi connectivity index (χ4n) is 3.85. The summed E-state index contributed by atoms with van der Waals surface area (Å²) in [6.45, 7) is -0.143. The Labute approximate surface area is 183 Å². The number of nitrogens with zero attached hydrogens (tertiary/aromatic N) is 1. The lowest BCUT2D eigenvalue weighted by molar-refractivity contribution is -0.00355. The van der Waals surface area contributed by atoms with Gasteiger partial charge in [-0.3, -0.25) is 0 Å². The van der Waals surface area contributed by atoms with E-state index >= 15 is 0 Å². The van der Waals surface area contributed by atoms with Crippen LogP contribution in [0.3, 0.4) is 0 Å². The van der Waals surface area contributed by atoms with Crippen LogP contribution in [0.25, 0.3) is 33.4 Å². The number of rotatable bonds is 5. The van der Waals surface area contributed by atoms with Gasteiger partial charge in [0.15, 0.2) is 17.8 Å². The Kier molecular flexibility index (Phi) is 5.26. The zero-order valence-corrected chi connectivity index (χ0v) is 17.0. The number of hydrogen-bond acceptors (Lipinski definition) is 6. The number of halogens is 1. The average molecular weight is 435 g/mol. The minimum Gasteiger partial charge on any atom is -0.470 e. The molecule has 5 N–H and O–H groups in total. The van der Waals surface area contributed by atoms with E-state index in [1.54, 1.807) is 6.07 Å². The lowest BCUT2D eigenvalue weighted by atomic mass is 10.0. The van der Waals surface area contributed by atoms with Crippen LogP contribution < -0.4 is 10.5 Å². The molecule has 1 aliphatic heterocycles. The molecule has 164 valence electrons. The van der Waals surface area contributed by atoms with Crippen LogP contribution in [-0.2, 0) is 4.74 Å². The first-order valence-corrected chi connectivity index (χ1v) is 10.2. The number of benzene rings is 2. The molecule has 7 nitrogen and oxygen atoms in total. The molecule has 3 atom stereocenters. The number of H-pyrrole nitrogens is 1. The second-order valence-electron chi connectivity index (χ2n) is 7.79. The topological polar surface area (TPSA) is 114 Å². The number of nitrogens with one attached hydrogen (secondary N) is 1. The first-order chi connectivity index (χ1) is 15.5. The first-order valence-electron chi connectivity index (χ1n) is 10.2. The first kappa shape index (κ1) is 20.4. The number of aliphatic hydroxyl groups excluding tert-OH is 2. The van der Waals surface area contributed by atoms with Crippen molar-refractivity contribution >= 4 is 16.7 Å². The van der Waals surface area contributed by atoms with Gasteiger partial charge in [0.25, 0.3) is 0 Å². The van der Waals surface area contributed by atoms with Crippen LogP contribution in [-0.4, -0.2) is 51.7 Å². The van der Waals surface area contributed by atoms with Crippen LogP contribution in [0.1, 0.15) is 0 Å². The summed E-state index contributed by atoms with van der Waals surface area (Å²) < 4.78 is 25.9. The van der Waals surface area contributed by atoms with Gasteiger partial charge in [0.2, 0.25) is 0 Å². The van der Waals surface area contributed by atoms with Gasteiger partial charge in [-0.25, -0.2) is 9.37 Å². The van der Waals surface area contributed by atoms with Gasteiger partial charge >= 0.3 is 0 Å². The van der Waals surface area contributed by atoms with E-state index in [9.17, 15) is 14.6 Å². The number of anilines is 1. The molecule has 1 saturated heterocycles. The average Bonchev–Trinajstić information content (AvgIpc) is 3.36. The van der Waals surface area contributed by atoms with Gasteiger partial charge < -0.3 is 30.4 Å². The summed E-state index contributed by atoms with van der Waals surface area (Å²) in [5.41, 5.74) is 10.3. The number of pyridine rings is 1. The predicted molar refractivity (Wildman–Crippen MR) is 119 cm³/mol. The van der Waals surface area contributed by atoms with Gasteiger partial charge in [0.1, 0.15) is 17.9 Å². The van der Waals surface area contributed by atoms with E-state index < -0.39 is 24.1 Å². The molecule has 3 heterocycles. The van der Waals surface area contributed by atoms with Crippen molar-refractivity contribution in [2.24, 2.45) is 0 Å². The van der Waals surface area contributed by atoms with Crippen LogP contribution in [0.5, 0.6) is 5.88 Å². The number of ether oxygens (including phenoxy) is 2. The van der Waals surface area contributed by atoms with Gasteiger partial charge in [0.05, 0.1) is 24.2 Å². The Balaban J connectivity index is 1.40. The zero-order chi connectivity index (χ0) is 22.2. The number of nitrogen functional groups attached to an aromatic ring is 1. The third kappa shape index (κ3) is 3.80. The van der Waals surface area contributed by atoms with E-state index in [1.807, 2.05) is 48.5 Å². The minimum atomic E-state index is -0.953. The Morgan fingerprint density at radius 2 is 1.72 bits per heavy atom. The van der Waals surface area contributed by atoms with E-state index in [2.05, 4.69) is 9.97 Å².